The first kappa shape index (κ1) is 12.6. The molecule has 0 N–H and O–H groups in total. The Morgan fingerprint density at radius 2 is 1.94 bits per heavy atom. The second kappa shape index (κ2) is 5.07. The number of hydrogen-bond acceptors (Lipinski definition) is 2. The molecule has 0 radical (unpaired) electrons. The maximum atomic E-state index is 13.3. The van der Waals surface area contributed by atoms with E-state index in [0.717, 1.165) is 0 Å². The van der Waals surface area contributed by atoms with Gasteiger partial charge in [-0.15, -0.1) is 0 Å². The Labute approximate surface area is 95.5 Å². The minimum atomic E-state index is -0.290. The number of likely N-dealkylation sites (N-methyl/N-ethyl adjacent to an activating group) is 2. The highest BCUT2D eigenvalue weighted by atomic mass is 19.1. The molecule has 0 aliphatic carbocycles. The van der Waals surface area contributed by atoms with Gasteiger partial charge in [-0.3, -0.25) is 4.79 Å². The van der Waals surface area contributed by atoms with Crippen LogP contribution in [0.2, 0.25) is 0 Å². The highest BCUT2D eigenvalue weighted by Gasteiger charge is 2.12. The van der Waals surface area contributed by atoms with Crippen molar-refractivity contribution in [2.45, 2.75) is 6.92 Å². The number of hydrogen-bond donors (Lipinski definition) is 0. The Bertz CT molecular complexity index is 391. The lowest BCUT2D eigenvalue weighted by atomic mass is 10.2. The number of carbonyl (C=O) groups is 1. The lowest BCUT2D eigenvalue weighted by Crippen LogP contribution is -2.35. The molecule has 1 aromatic carbocycles. The van der Waals surface area contributed by atoms with Crippen LogP contribution >= 0.6 is 0 Å². The van der Waals surface area contributed by atoms with Gasteiger partial charge in [0.2, 0.25) is 5.91 Å². The van der Waals surface area contributed by atoms with Crippen LogP contribution in [0.15, 0.2) is 18.2 Å². The summed E-state index contributed by atoms with van der Waals surface area (Å²) in [6.45, 7) is 2.01. The summed E-state index contributed by atoms with van der Waals surface area (Å²) in [5.41, 5.74) is 1.16. The first-order chi connectivity index (χ1) is 7.41. The first-order valence-corrected chi connectivity index (χ1v) is 5.09. The number of rotatable bonds is 3. The summed E-state index contributed by atoms with van der Waals surface area (Å²) >= 11 is 0. The van der Waals surface area contributed by atoms with E-state index in [1.807, 2.05) is 14.1 Å². The third-order valence-corrected chi connectivity index (χ3v) is 2.37. The zero-order chi connectivity index (χ0) is 12.3. The SMILES string of the molecule is Cc1ccc(N(C)C(=O)CN(C)C)cc1F. The van der Waals surface area contributed by atoms with E-state index in [2.05, 4.69) is 0 Å². The Hall–Kier alpha value is -1.42. The summed E-state index contributed by atoms with van der Waals surface area (Å²) in [7, 11) is 5.29. The smallest absolute Gasteiger partial charge is 0.240 e. The van der Waals surface area contributed by atoms with Crippen LogP contribution in [-0.4, -0.2) is 38.5 Å². The van der Waals surface area contributed by atoms with E-state index in [1.165, 1.54) is 11.0 Å². The summed E-state index contributed by atoms with van der Waals surface area (Å²) < 4.78 is 13.3. The van der Waals surface area contributed by atoms with Gasteiger partial charge in [0.1, 0.15) is 5.82 Å². The Kier molecular flexibility index (Phi) is 4.01. The Morgan fingerprint density at radius 1 is 1.31 bits per heavy atom. The zero-order valence-electron chi connectivity index (χ0n) is 10.1. The summed E-state index contributed by atoms with van der Waals surface area (Å²) in [6.07, 6.45) is 0. The maximum Gasteiger partial charge on any atom is 0.240 e. The van der Waals surface area contributed by atoms with Gasteiger partial charge < -0.3 is 9.80 Å². The summed E-state index contributed by atoms with van der Waals surface area (Å²) in [5.74, 6) is -0.352. The highest BCUT2D eigenvalue weighted by molar-refractivity contribution is 5.94. The topological polar surface area (TPSA) is 23.6 Å². The molecule has 0 unspecified atom stereocenters. The second-order valence-corrected chi connectivity index (χ2v) is 4.12. The lowest BCUT2D eigenvalue weighted by molar-refractivity contribution is -0.118. The van der Waals surface area contributed by atoms with Crippen LogP contribution in [0.5, 0.6) is 0 Å². The van der Waals surface area contributed by atoms with Crippen LogP contribution in [0.3, 0.4) is 0 Å². The van der Waals surface area contributed by atoms with Crippen molar-refractivity contribution in [2.75, 3.05) is 32.6 Å². The van der Waals surface area contributed by atoms with Crippen molar-refractivity contribution < 1.29 is 9.18 Å². The molecule has 0 heterocycles. The van der Waals surface area contributed by atoms with Crippen molar-refractivity contribution in [2.24, 2.45) is 0 Å². The van der Waals surface area contributed by atoms with Crippen LogP contribution < -0.4 is 4.90 Å². The standard InChI is InChI=1S/C12H17FN2O/c1-9-5-6-10(7-11(9)13)15(4)12(16)8-14(2)3/h5-7H,8H2,1-4H3. The van der Waals surface area contributed by atoms with E-state index in [9.17, 15) is 9.18 Å². The lowest BCUT2D eigenvalue weighted by Gasteiger charge is -2.20. The van der Waals surface area contributed by atoms with Crippen LogP contribution in [0, 0.1) is 12.7 Å². The van der Waals surface area contributed by atoms with Crippen molar-refractivity contribution in [3.8, 4) is 0 Å². The van der Waals surface area contributed by atoms with Gasteiger partial charge in [0.25, 0.3) is 0 Å². The number of aryl methyl sites for hydroxylation is 1. The molecule has 1 rings (SSSR count). The molecule has 0 aliphatic rings. The predicted molar refractivity (Wildman–Crippen MR) is 63.1 cm³/mol. The molecule has 3 nitrogen and oxygen atoms in total. The van der Waals surface area contributed by atoms with Gasteiger partial charge in [0.05, 0.1) is 6.54 Å². The molecule has 0 saturated carbocycles. The van der Waals surface area contributed by atoms with Crippen LogP contribution in [0.1, 0.15) is 5.56 Å². The maximum absolute atomic E-state index is 13.3. The molecule has 1 aromatic rings. The van der Waals surface area contributed by atoms with E-state index in [1.54, 1.807) is 31.0 Å². The summed E-state index contributed by atoms with van der Waals surface area (Å²) in [4.78, 5) is 15.0. The fourth-order valence-electron chi connectivity index (χ4n) is 1.31. The number of halogens is 1. The van der Waals surface area contributed by atoms with Crippen LogP contribution in [-0.2, 0) is 4.79 Å². The van der Waals surface area contributed by atoms with E-state index in [0.29, 0.717) is 17.8 Å². The number of carbonyl (C=O) groups excluding carboxylic acids is 1. The molecule has 4 heteroatoms. The molecule has 0 fully saturated rings. The molecule has 0 aromatic heterocycles. The number of anilines is 1. The van der Waals surface area contributed by atoms with Crippen LogP contribution in [0.25, 0.3) is 0 Å². The quantitative estimate of drug-likeness (QED) is 0.779. The van der Waals surface area contributed by atoms with E-state index in [4.69, 9.17) is 0 Å². The second-order valence-electron chi connectivity index (χ2n) is 4.12. The molecule has 0 aliphatic heterocycles. The van der Waals surface area contributed by atoms with Crippen molar-refractivity contribution in [1.29, 1.82) is 0 Å². The molecule has 16 heavy (non-hydrogen) atoms. The van der Waals surface area contributed by atoms with Gasteiger partial charge in [0.15, 0.2) is 0 Å². The molecule has 0 bridgehead atoms. The van der Waals surface area contributed by atoms with Gasteiger partial charge in [-0.2, -0.15) is 0 Å². The highest BCUT2D eigenvalue weighted by Crippen LogP contribution is 2.17. The van der Waals surface area contributed by atoms with Gasteiger partial charge in [-0.1, -0.05) is 6.07 Å². The predicted octanol–water partition coefficient (Wildman–Crippen LogP) is 1.66. The molecular formula is C12H17FN2O. The zero-order valence-corrected chi connectivity index (χ0v) is 10.1. The number of benzene rings is 1. The Morgan fingerprint density at radius 3 is 2.44 bits per heavy atom. The van der Waals surface area contributed by atoms with Gasteiger partial charge in [-0.25, -0.2) is 4.39 Å². The average molecular weight is 224 g/mol. The first-order valence-electron chi connectivity index (χ1n) is 5.09. The summed E-state index contributed by atoms with van der Waals surface area (Å²) in [5, 5.41) is 0. The fraction of sp³-hybridized carbons (Fsp3) is 0.417. The van der Waals surface area contributed by atoms with Crippen LogP contribution in [0.4, 0.5) is 10.1 Å². The monoisotopic (exact) mass is 224 g/mol. The molecule has 88 valence electrons. The number of nitrogens with zero attached hydrogens (tertiary/aromatic N) is 2. The Balaban J connectivity index is 2.83. The van der Waals surface area contributed by atoms with E-state index < -0.39 is 0 Å². The average Bonchev–Trinajstić information content (AvgIpc) is 2.20. The third-order valence-electron chi connectivity index (χ3n) is 2.37. The molecule has 0 saturated heterocycles. The van der Waals surface area contributed by atoms with Gasteiger partial charge >= 0.3 is 0 Å². The van der Waals surface area contributed by atoms with Crippen molar-refractivity contribution in [3.05, 3.63) is 29.6 Å². The number of amides is 1. The van der Waals surface area contributed by atoms with Gasteiger partial charge in [-0.05, 0) is 38.7 Å². The summed E-state index contributed by atoms with van der Waals surface area (Å²) in [6, 6.07) is 4.79. The van der Waals surface area contributed by atoms with Crippen molar-refractivity contribution in [1.82, 2.24) is 4.90 Å². The molecule has 0 spiro atoms. The van der Waals surface area contributed by atoms with E-state index in [-0.39, 0.29) is 11.7 Å². The molecule has 1 amide bonds. The fourth-order valence-corrected chi connectivity index (χ4v) is 1.31. The van der Waals surface area contributed by atoms with Gasteiger partial charge in [0, 0.05) is 12.7 Å². The minimum absolute atomic E-state index is 0.0618. The third kappa shape index (κ3) is 3.03. The van der Waals surface area contributed by atoms with Crippen molar-refractivity contribution >= 4 is 11.6 Å². The van der Waals surface area contributed by atoms with Crippen molar-refractivity contribution in [3.63, 3.8) is 0 Å². The molecular weight excluding hydrogens is 207 g/mol. The minimum Gasteiger partial charge on any atom is -0.314 e. The van der Waals surface area contributed by atoms with E-state index >= 15 is 0 Å². The normalized spacial score (nSPS) is 10.6. The molecule has 0 atom stereocenters. The largest absolute Gasteiger partial charge is 0.314 e.